The van der Waals surface area contributed by atoms with Gasteiger partial charge in [-0.2, -0.15) is 5.26 Å². The first-order valence-electron chi connectivity index (χ1n) is 5.19. The summed E-state index contributed by atoms with van der Waals surface area (Å²) >= 11 is 3.36. The van der Waals surface area contributed by atoms with Gasteiger partial charge in [-0.15, -0.1) is 0 Å². The highest BCUT2D eigenvalue weighted by atomic mass is 79.9. The minimum Gasteiger partial charge on any atom is -0.359 e. The van der Waals surface area contributed by atoms with Crippen molar-refractivity contribution in [3.8, 4) is 6.07 Å². The molecule has 1 heterocycles. The molecule has 1 saturated heterocycles. The van der Waals surface area contributed by atoms with E-state index in [0.717, 1.165) is 10.2 Å². The highest BCUT2D eigenvalue weighted by Gasteiger charge is 2.44. The third-order valence-electron chi connectivity index (χ3n) is 3.03. The van der Waals surface area contributed by atoms with E-state index in [9.17, 15) is 0 Å². The van der Waals surface area contributed by atoms with Crippen molar-refractivity contribution >= 4 is 21.6 Å². The van der Waals surface area contributed by atoms with Crippen molar-refractivity contribution in [2.24, 2.45) is 0 Å². The minimum absolute atomic E-state index is 0.528. The van der Waals surface area contributed by atoms with Gasteiger partial charge in [-0.3, -0.25) is 0 Å². The van der Waals surface area contributed by atoms with Crippen LogP contribution in [0.2, 0.25) is 0 Å². The lowest BCUT2D eigenvalue weighted by atomic mass is 10.0. The molecule has 90 valence electrons. The normalized spacial score (nSPS) is 17.4. The Kier molecular flexibility index (Phi) is 3.38. The second-order valence-electron chi connectivity index (χ2n) is 3.95. The number of rotatable bonds is 3. The third kappa shape index (κ3) is 2.16. The molecule has 5 heteroatoms. The zero-order chi connectivity index (χ0) is 12.5. The van der Waals surface area contributed by atoms with E-state index >= 15 is 0 Å². The van der Waals surface area contributed by atoms with E-state index in [-0.39, 0.29) is 0 Å². The maximum atomic E-state index is 9.10. The monoisotopic (exact) mass is 296 g/mol. The minimum atomic E-state index is -0.528. The van der Waals surface area contributed by atoms with Crippen LogP contribution in [-0.4, -0.2) is 33.1 Å². The molecule has 0 aliphatic carbocycles. The summed E-state index contributed by atoms with van der Waals surface area (Å²) in [6, 6.07) is 7.86. The van der Waals surface area contributed by atoms with E-state index in [0.29, 0.717) is 18.7 Å². The molecule has 2 rings (SSSR count). The van der Waals surface area contributed by atoms with Gasteiger partial charge >= 0.3 is 0 Å². The third-order valence-corrected chi connectivity index (χ3v) is 3.52. The average molecular weight is 297 g/mol. The van der Waals surface area contributed by atoms with Gasteiger partial charge in [0.1, 0.15) is 6.07 Å². The molecule has 0 N–H and O–H groups in total. The van der Waals surface area contributed by atoms with Gasteiger partial charge in [0.25, 0.3) is 0 Å². The van der Waals surface area contributed by atoms with E-state index in [1.54, 1.807) is 14.2 Å². The summed E-state index contributed by atoms with van der Waals surface area (Å²) in [5, 5.41) is 9.10. The SMILES string of the molecule is COC1(OC)CN(c2ccc(Br)cc2C#N)C1. The standard InChI is InChI=1S/C12H13BrN2O2/c1-16-12(17-2)7-15(8-12)11-4-3-10(13)5-9(11)6-14/h3-5H,7-8H2,1-2H3. The predicted molar refractivity (Wildman–Crippen MR) is 67.8 cm³/mol. The molecular weight excluding hydrogens is 284 g/mol. The van der Waals surface area contributed by atoms with Crippen LogP contribution in [0.15, 0.2) is 22.7 Å². The van der Waals surface area contributed by atoms with Crippen LogP contribution in [-0.2, 0) is 9.47 Å². The first-order chi connectivity index (χ1) is 8.14. The Bertz CT molecular complexity index is 458. The number of nitriles is 1. The number of halogens is 1. The fourth-order valence-corrected chi connectivity index (χ4v) is 2.28. The summed E-state index contributed by atoms with van der Waals surface area (Å²) in [6.07, 6.45) is 0. The molecule has 0 unspecified atom stereocenters. The smallest absolute Gasteiger partial charge is 0.203 e. The van der Waals surface area contributed by atoms with Crippen LogP contribution in [0.5, 0.6) is 0 Å². The van der Waals surface area contributed by atoms with E-state index in [2.05, 4.69) is 26.9 Å². The molecule has 17 heavy (non-hydrogen) atoms. The Morgan fingerprint density at radius 3 is 2.53 bits per heavy atom. The van der Waals surface area contributed by atoms with Gasteiger partial charge in [0.05, 0.1) is 24.3 Å². The molecular formula is C12H13BrN2O2. The molecule has 0 saturated carbocycles. The summed E-state index contributed by atoms with van der Waals surface area (Å²) in [5.41, 5.74) is 1.57. The molecule has 1 fully saturated rings. The van der Waals surface area contributed by atoms with Crippen LogP contribution >= 0.6 is 15.9 Å². The van der Waals surface area contributed by atoms with Crippen LogP contribution in [0.1, 0.15) is 5.56 Å². The molecule has 0 spiro atoms. The number of ether oxygens (including phenoxy) is 2. The summed E-state index contributed by atoms with van der Waals surface area (Å²) in [4.78, 5) is 2.07. The molecule has 0 bridgehead atoms. The topological polar surface area (TPSA) is 45.5 Å². The van der Waals surface area contributed by atoms with Crippen LogP contribution in [0.3, 0.4) is 0 Å². The highest BCUT2D eigenvalue weighted by Crippen LogP contribution is 2.33. The van der Waals surface area contributed by atoms with Gasteiger partial charge in [0.15, 0.2) is 0 Å². The molecule has 1 aliphatic rings. The molecule has 0 radical (unpaired) electrons. The lowest BCUT2D eigenvalue weighted by Gasteiger charge is -2.48. The van der Waals surface area contributed by atoms with Crippen molar-refractivity contribution in [2.45, 2.75) is 5.79 Å². The molecule has 1 aromatic carbocycles. The molecule has 0 aromatic heterocycles. The quantitative estimate of drug-likeness (QED) is 0.802. The van der Waals surface area contributed by atoms with E-state index in [4.69, 9.17) is 14.7 Å². The highest BCUT2D eigenvalue weighted by molar-refractivity contribution is 9.10. The zero-order valence-electron chi connectivity index (χ0n) is 9.74. The Hall–Kier alpha value is -1.09. The van der Waals surface area contributed by atoms with Crippen molar-refractivity contribution in [1.29, 1.82) is 5.26 Å². The summed E-state index contributed by atoms with van der Waals surface area (Å²) in [7, 11) is 3.27. The Morgan fingerprint density at radius 2 is 2.00 bits per heavy atom. The predicted octanol–water partition coefficient (Wildman–Crippen LogP) is 2.13. The Balaban J connectivity index is 2.19. The zero-order valence-corrected chi connectivity index (χ0v) is 11.3. The largest absolute Gasteiger partial charge is 0.359 e. The van der Waals surface area contributed by atoms with E-state index in [1.165, 1.54) is 0 Å². The molecule has 0 atom stereocenters. The second kappa shape index (κ2) is 4.65. The Labute approximate surface area is 109 Å². The number of hydrogen-bond acceptors (Lipinski definition) is 4. The van der Waals surface area contributed by atoms with Crippen molar-refractivity contribution in [3.63, 3.8) is 0 Å². The lowest BCUT2D eigenvalue weighted by Crippen LogP contribution is -2.64. The van der Waals surface area contributed by atoms with E-state index in [1.807, 2.05) is 18.2 Å². The maximum absolute atomic E-state index is 9.10. The number of benzene rings is 1. The van der Waals surface area contributed by atoms with Crippen molar-refractivity contribution in [1.82, 2.24) is 0 Å². The molecule has 0 amide bonds. The van der Waals surface area contributed by atoms with Gasteiger partial charge in [-0.25, -0.2) is 0 Å². The second-order valence-corrected chi connectivity index (χ2v) is 4.86. The number of hydrogen-bond donors (Lipinski definition) is 0. The first kappa shape index (κ1) is 12.4. The number of methoxy groups -OCH3 is 2. The van der Waals surface area contributed by atoms with Crippen LogP contribution in [0.25, 0.3) is 0 Å². The fraction of sp³-hybridized carbons (Fsp3) is 0.417. The maximum Gasteiger partial charge on any atom is 0.203 e. The lowest BCUT2D eigenvalue weighted by molar-refractivity contribution is -0.219. The van der Waals surface area contributed by atoms with Crippen LogP contribution in [0, 0.1) is 11.3 Å². The van der Waals surface area contributed by atoms with Crippen LogP contribution < -0.4 is 4.90 Å². The van der Waals surface area contributed by atoms with Crippen molar-refractivity contribution < 1.29 is 9.47 Å². The van der Waals surface area contributed by atoms with Gasteiger partial charge < -0.3 is 14.4 Å². The molecule has 1 aromatic rings. The average Bonchev–Trinajstić information content (AvgIpc) is 2.30. The fourth-order valence-electron chi connectivity index (χ4n) is 1.92. The molecule has 1 aliphatic heterocycles. The van der Waals surface area contributed by atoms with Gasteiger partial charge in [-0.1, -0.05) is 15.9 Å². The van der Waals surface area contributed by atoms with Crippen LogP contribution in [0.4, 0.5) is 5.69 Å². The summed E-state index contributed by atoms with van der Waals surface area (Å²) in [6.45, 7) is 1.27. The number of nitrogens with zero attached hydrogens (tertiary/aromatic N) is 2. The molecule has 4 nitrogen and oxygen atoms in total. The van der Waals surface area contributed by atoms with Crippen molar-refractivity contribution in [2.75, 3.05) is 32.2 Å². The van der Waals surface area contributed by atoms with Crippen molar-refractivity contribution in [3.05, 3.63) is 28.2 Å². The number of anilines is 1. The van der Waals surface area contributed by atoms with Gasteiger partial charge in [0, 0.05) is 18.7 Å². The summed E-state index contributed by atoms with van der Waals surface area (Å²) < 4.78 is 11.5. The summed E-state index contributed by atoms with van der Waals surface area (Å²) in [5.74, 6) is -0.528. The Morgan fingerprint density at radius 1 is 1.35 bits per heavy atom. The van der Waals surface area contributed by atoms with Gasteiger partial charge in [0.2, 0.25) is 5.79 Å². The first-order valence-corrected chi connectivity index (χ1v) is 5.98. The van der Waals surface area contributed by atoms with E-state index < -0.39 is 5.79 Å². The van der Waals surface area contributed by atoms with Gasteiger partial charge in [-0.05, 0) is 18.2 Å².